The molecule has 0 radical (unpaired) electrons. The smallest absolute Gasteiger partial charge is 0.0701 e. The third-order valence-corrected chi connectivity index (χ3v) is 2.91. The molecule has 0 aliphatic heterocycles. The van der Waals surface area contributed by atoms with E-state index >= 15 is 0 Å². The third-order valence-electron chi connectivity index (χ3n) is 2.57. The van der Waals surface area contributed by atoms with Gasteiger partial charge < -0.3 is 14.8 Å². The van der Waals surface area contributed by atoms with E-state index in [0.29, 0.717) is 24.8 Å². The second-order valence-corrected chi connectivity index (χ2v) is 4.40. The van der Waals surface area contributed by atoms with E-state index in [9.17, 15) is 0 Å². The van der Waals surface area contributed by atoms with Gasteiger partial charge in [0.2, 0.25) is 0 Å². The van der Waals surface area contributed by atoms with Crippen LogP contribution in [0.1, 0.15) is 12.5 Å². The Morgan fingerprint density at radius 1 is 1.44 bits per heavy atom. The van der Waals surface area contributed by atoms with Gasteiger partial charge in [-0.3, -0.25) is 4.98 Å². The predicted molar refractivity (Wildman–Crippen MR) is 73.1 cm³/mol. The molecule has 5 heteroatoms. The number of hydrogen-bond donors (Lipinski definition) is 1. The summed E-state index contributed by atoms with van der Waals surface area (Å²) in [6.07, 6.45) is 4.27. The van der Waals surface area contributed by atoms with Gasteiger partial charge in [0, 0.05) is 25.5 Å². The van der Waals surface area contributed by atoms with Gasteiger partial charge >= 0.3 is 0 Å². The Hall–Kier alpha value is -0.680. The number of halogens is 1. The molecule has 0 saturated heterocycles. The van der Waals surface area contributed by atoms with Crippen LogP contribution in [0.4, 0.5) is 0 Å². The van der Waals surface area contributed by atoms with E-state index in [1.807, 2.05) is 6.07 Å². The summed E-state index contributed by atoms with van der Waals surface area (Å²) in [5, 5.41) is 4.10. The number of nitrogens with one attached hydrogen (secondary N) is 1. The lowest BCUT2D eigenvalue weighted by Gasteiger charge is -2.18. The molecule has 102 valence electrons. The van der Waals surface area contributed by atoms with E-state index in [1.54, 1.807) is 19.5 Å². The Kier molecular flexibility index (Phi) is 7.93. The molecule has 1 aromatic heterocycles. The molecule has 0 aliphatic carbocycles. The van der Waals surface area contributed by atoms with Crippen molar-refractivity contribution in [2.75, 3.05) is 33.5 Å². The normalized spacial score (nSPS) is 12.6. The van der Waals surface area contributed by atoms with Crippen LogP contribution in [0.5, 0.6) is 0 Å². The first kappa shape index (κ1) is 15.4. The van der Waals surface area contributed by atoms with E-state index in [1.165, 1.54) is 0 Å². The van der Waals surface area contributed by atoms with Crippen LogP contribution in [0.25, 0.3) is 0 Å². The van der Waals surface area contributed by atoms with E-state index in [2.05, 4.69) is 17.2 Å². The Bertz CT molecular complexity index is 337. The zero-order chi connectivity index (χ0) is 13.2. The molecule has 0 amide bonds. The first-order valence-corrected chi connectivity index (χ1v) is 6.54. The van der Waals surface area contributed by atoms with Crippen molar-refractivity contribution >= 4 is 11.6 Å². The van der Waals surface area contributed by atoms with E-state index < -0.39 is 0 Å². The van der Waals surface area contributed by atoms with Gasteiger partial charge in [0.15, 0.2) is 0 Å². The summed E-state index contributed by atoms with van der Waals surface area (Å²) >= 11 is 6.10. The van der Waals surface area contributed by atoms with Crippen molar-refractivity contribution in [1.29, 1.82) is 0 Å². The largest absolute Gasteiger partial charge is 0.382 e. The lowest BCUT2D eigenvalue weighted by molar-refractivity contribution is 0.0589. The Morgan fingerprint density at radius 3 is 2.94 bits per heavy atom. The minimum Gasteiger partial charge on any atom is -0.382 e. The van der Waals surface area contributed by atoms with Gasteiger partial charge in [0.1, 0.15) is 0 Å². The molecule has 0 saturated carbocycles. The maximum atomic E-state index is 6.10. The van der Waals surface area contributed by atoms with E-state index in [0.717, 1.165) is 18.5 Å². The maximum absolute atomic E-state index is 6.10. The van der Waals surface area contributed by atoms with Gasteiger partial charge in [-0.05, 0) is 24.6 Å². The first-order chi connectivity index (χ1) is 8.77. The highest BCUT2D eigenvalue weighted by Crippen LogP contribution is 2.15. The first-order valence-electron chi connectivity index (χ1n) is 6.16. The summed E-state index contributed by atoms with van der Waals surface area (Å²) in [4.78, 5) is 3.98. The molecule has 1 rings (SSSR count). The summed E-state index contributed by atoms with van der Waals surface area (Å²) in [7, 11) is 1.67. The van der Waals surface area contributed by atoms with Crippen LogP contribution in [0, 0.1) is 0 Å². The Morgan fingerprint density at radius 2 is 2.28 bits per heavy atom. The van der Waals surface area contributed by atoms with E-state index in [-0.39, 0.29) is 6.04 Å². The molecule has 0 fully saturated rings. The van der Waals surface area contributed by atoms with Crippen molar-refractivity contribution in [3.05, 3.63) is 29.0 Å². The Balaban J connectivity index is 2.44. The molecule has 0 spiro atoms. The number of methoxy groups -OCH3 is 1. The molecule has 1 unspecified atom stereocenters. The molecule has 1 aromatic rings. The number of pyridine rings is 1. The number of ether oxygens (including phenoxy) is 2. The topological polar surface area (TPSA) is 43.4 Å². The zero-order valence-electron chi connectivity index (χ0n) is 11.0. The molecule has 18 heavy (non-hydrogen) atoms. The van der Waals surface area contributed by atoms with Crippen LogP contribution in [-0.4, -0.2) is 44.5 Å². The summed E-state index contributed by atoms with van der Waals surface area (Å²) in [5.41, 5.74) is 1.09. The van der Waals surface area contributed by atoms with Gasteiger partial charge in [0.25, 0.3) is 0 Å². The van der Waals surface area contributed by atoms with Crippen LogP contribution < -0.4 is 5.32 Å². The molecule has 0 bridgehead atoms. The monoisotopic (exact) mass is 272 g/mol. The lowest BCUT2D eigenvalue weighted by Crippen LogP contribution is -2.35. The standard InChI is InChI=1S/C13H21ClN2O2/c1-3-16-12(10-18-7-6-17-2)8-11-4-5-15-9-13(11)14/h4-5,9,12,16H,3,6-8,10H2,1-2H3. The van der Waals surface area contributed by atoms with Crippen LogP contribution in [0.3, 0.4) is 0 Å². The van der Waals surface area contributed by atoms with Crippen LogP contribution in [-0.2, 0) is 15.9 Å². The Labute approximate surface area is 114 Å². The molecule has 0 aromatic carbocycles. The summed E-state index contributed by atoms with van der Waals surface area (Å²) in [5.74, 6) is 0. The molecule has 1 N–H and O–H groups in total. The highest BCUT2D eigenvalue weighted by molar-refractivity contribution is 6.31. The SMILES string of the molecule is CCNC(COCCOC)Cc1ccncc1Cl. The highest BCUT2D eigenvalue weighted by Gasteiger charge is 2.10. The number of aromatic nitrogens is 1. The van der Waals surface area contributed by atoms with Crippen molar-refractivity contribution in [2.45, 2.75) is 19.4 Å². The predicted octanol–water partition coefficient (Wildman–Crippen LogP) is 1.92. The van der Waals surface area contributed by atoms with Crippen molar-refractivity contribution in [3.63, 3.8) is 0 Å². The number of likely N-dealkylation sites (N-methyl/N-ethyl adjacent to an activating group) is 1. The quantitative estimate of drug-likeness (QED) is 0.698. The summed E-state index contributed by atoms with van der Waals surface area (Å²) < 4.78 is 10.5. The second-order valence-electron chi connectivity index (χ2n) is 3.99. The summed E-state index contributed by atoms with van der Waals surface area (Å²) in [6, 6.07) is 2.20. The minimum atomic E-state index is 0.256. The zero-order valence-corrected chi connectivity index (χ0v) is 11.7. The fourth-order valence-electron chi connectivity index (χ4n) is 1.68. The molecule has 1 atom stereocenters. The fraction of sp³-hybridized carbons (Fsp3) is 0.615. The molecule has 1 heterocycles. The van der Waals surface area contributed by atoms with Gasteiger partial charge in [0.05, 0.1) is 24.8 Å². The van der Waals surface area contributed by atoms with Gasteiger partial charge in [-0.15, -0.1) is 0 Å². The average Bonchev–Trinajstić information content (AvgIpc) is 2.37. The number of nitrogens with zero attached hydrogens (tertiary/aromatic N) is 1. The van der Waals surface area contributed by atoms with Crippen molar-refractivity contribution in [1.82, 2.24) is 10.3 Å². The van der Waals surface area contributed by atoms with Gasteiger partial charge in [-0.1, -0.05) is 18.5 Å². The maximum Gasteiger partial charge on any atom is 0.0701 e. The van der Waals surface area contributed by atoms with Gasteiger partial charge in [-0.2, -0.15) is 0 Å². The minimum absolute atomic E-state index is 0.256. The molecule has 0 aliphatic rings. The van der Waals surface area contributed by atoms with Crippen LogP contribution in [0.2, 0.25) is 5.02 Å². The van der Waals surface area contributed by atoms with Crippen molar-refractivity contribution in [2.24, 2.45) is 0 Å². The van der Waals surface area contributed by atoms with Crippen molar-refractivity contribution < 1.29 is 9.47 Å². The van der Waals surface area contributed by atoms with Crippen LogP contribution >= 0.6 is 11.6 Å². The highest BCUT2D eigenvalue weighted by atomic mass is 35.5. The average molecular weight is 273 g/mol. The molecular weight excluding hydrogens is 252 g/mol. The number of rotatable bonds is 9. The van der Waals surface area contributed by atoms with Crippen molar-refractivity contribution in [3.8, 4) is 0 Å². The summed E-state index contributed by atoms with van der Waals surface area (Å²) in [6.45, 7) is 4.87. The lowest BCUT2D eigenvalue weighted by atomic mass is 10.1. The number of hydrogen-bond acceptors (Lipinski definition) is 4. The van der Waals surface area contributed by atoms with E-state index in [4.69, 9.17) is 21.1 Å². The third kappa shape index (κ3) is 5.78. The van der Waals surface area contributed by atoms with Gasteiger partial charge in [-0.25, -0.2) is 0 Å². The van der Waals surface area contributed by atoms with Crippen LogP contribution in [0.15, 0.2) is 18.5 Å². The molecule has 4 nitrogen and oxygen atoms in total. The second kappa shape index (κ2) is 9.28. The molecular formula is C13H21ClN2O2. The fourth-order valence-corrected chi connectivity index (χ4v) is 1.88.